The van der Waals surface area contributed by atoms with Gasteiger partial charge in [-0.2, -0.15) is 5.10 Å². The van der Waals surface area contributed by atoms with Crippen molar-refractivity contribution in [2.45, 2.75) is 25.9 Å². The lowest BCUT2D eigenvalue weighted by atomic mass is 10.2. The lowest BCUT2D eigenvalue weighted by Gasteiger charge is -2.10. The number of rotatable bonds is 8. The predicted molar refractivity (Wildman–Crippen MR) is 119 cm³/mol. The Morgan fingerprint density at radius 2 is 1.91 bits per heavy atom. The highest BCUT2D eigenvalue weighted by Gasteiger charge is 2.19. The minimum absolute atomic E-state index is 0.0533. The van der Waals surface area contributed by atoms with Crippen LogP contribution in [0.3, 0.4) is 0 Å². The summed E-state index contributed by atoms with van der Waals surface area (Å²) < 4.78 is 11.0. The molecule has 1 aliphatic rings. The van der Waals surface area contributed by atoms with E-state index < -0.39 is 11.8 Å². The number of carbonyl (C=O) groups is 3. The van der Waals surface area contributed by atoms with Gasteiger partial charge in [0, 0.05) is 24.4 Å². The largest absolute Gasteiger partial charge is 0.483 e. The molecule has 168 valence electrons. The number of benzene rings is 2. The van der Waals surface area contributed by atoms with Crippen molar-refractivity contribution in [1.29, 1.82) is 0 Å². The normalized spacial score (nSPS) is 15.3. The maximum Gasteiger partial charge on any atom is 0.329 e. The zero-order valence-electron chi connectivity index (χ0n) is 17.8. The van der Waals surface area contributed by atoms with Crippen LogP contribution in [0.2, 0.25) is 0 Å². The Balaban J connectivity index is 1.46. The van der Waals surface area contributed by atoms with E-state index >= 15 is 0 Å². The zero-order valence-corrected chi connectivity index (χ0v) is 17.8. The number of hydrogen-bond acceptors (Lipinski definition) is 6. The molecule has 3 amide bonds. The van der Waals surface area contributed by atoms with Gasteiger partial charge in [0.15, 0.2) is 6.61 Å². The molecule has 3 N–H and O–H groups in total. The summed E-state index contributed by atoms with van der Waals surface area (Å²) in [6.07, 6.45) is 3.10. The summed E-state index contributed by atoms with van der Waals surface area (Å²) in [4.78, 5) is 35.8. The average molecular weight is 438 g/mol. The highest BCUT2D eigenvalue weighted by molar-refractivity contribution is 6.35. The van der Waals surface area contributed by atoms with Crippen LogP contribution < -0.4 is 20.8 Å². The second kappa shape index (κ2) is 11.6. The van der Waals surface area contributed by atoms with Crippen LogP contribution in [-0.2, 0) is 19.1 Å². The second-order valence-electron chi connectivity index (χ2n) is 7.28. The molecular formula is C23H26N4O5. The van der Waals surface area contributed by atoms with Gasteiger partial charge in [-0.1, -0.05) is 29.8 Å². The van der Waals surface area contributed by atoms with Crippen molar-refractivity contribution in [2.75, 3.05) is 25.1 Å². The van der Waals surface area contributed by atoms with Gasteiger partial charge in [-0.15, -0.1) is 0 Å². The molecule has 1 atom stereocenters. The Hall–Kier alpha value is -3.72. The number of anilines is 1. The molecule has 0 unspecified atom stereocenters. The molecule has 1 aliphatic heterocycles. The standard InChI is InChI=1S/C23H26N4O5/c1-16-8-10-18(11-9-16)26-21(28)15-32-20-7-3-2-5-17(20)13-25-27-23(30)22(29)24-14-19-6-4-12-31-19/h2-3,5,7-11,13,19H,4,6,12,14-15H2,1H3,(H,24,29)(H,26,28)(H,27,30)/b25-13-/t19-/m0/s1. The van der Waals surface area contributed by atoms with E-state index in [1.54, 1.807) is 24.3 Å². The van der Waals surface area contributed by atoms with Crippen molar-refractivity contribution in [3.05, 3.63) is 59.7 Å². The first-order valence-corrected chi connectivity index (χ1v) is 10.3. The predicted octanol–water partition coefficient (Wildman–Crippen LogP) is 1.76. The van der Waals surface area contributed by atoms with Gasteiger partial charge in [0.2, 0.25) is 0 Å². The third-order valence-corrected chi connectivity index (χ3v) is 4.70. The molecule has 2 aromatic rings. The molecule has 0 spiro atoms. The van der Waals surface area contributed by atoms with Crippen LogP contribution in [0.5, 0.6) is 5.75 Å². The number of carbonyl (C=O) groups excluding carboxylic acids is 3. The number of nitrogens with zero attached hydrogens (tertiary/aromatic N) is 1. The maximum atomic E-state index is 12.1. The minimum atomic E-state index is -0.880. The molecule has 0 radical (unpaired) electrons. The maximum absolute atomic E-state index is 12.1. The smallest absolute Gasteiger partial charge is 0.329 e. The van der Waals surface area contributed by atoms with Gasteiger partial charge in [0.1, 0.15) is 5.75 Å². The molecule has 2 aromatic carbocycles. The summed E-state index contributed by atoms with van der Waals surface area (Å²) in [6.45, 7) is 2.73. The van der Waals surface area contributed by atoms with Crippen LogP contribution in [0.25, 0.3) is 0 Å². The number of aryl methyl sites for hydroxylation is 1. The summed E-state index contributed by atoms with van der Waals surface area (Å²) in [7, 11) is 0. The van der Waals surface area contributed by atoms with Gasteiger partial charge < -0.3 is 20.1 Å². The van der Waals surface area contributed by atoms with Crippen LogP contribution in [-0.4, -0.2) is 49.8 Å². The number of nitrogens with one attached hydrogen (secondary N) is 3. The average Bonchev–Trinajstić information content (AvgIpc) is 3.32. The van der Waals surface area contributed by atoms with Crippen molar-refractivity contribution in [2.24, 2.45) is 5.10 Å². The van der Waals surface area contributed by atoms with Crippen molar-refractivity contribution in [1.82, 2.24) is 10.7 Å². The minimum Gasteiger partial charge on any atom is -0.483 e. The first-order valence-electron chi connectivity index (χ1n) is 10.3. The van der Waals surface area contributed by atoms with Crippen molar-refractivity contribution >= 4 is 29.6 Å². The van der Waals surface area contributed by atoms with Crippen LogP contribution in [0.1, 0.15) is 24.0 Å². The Labute approximate surface area is 186 Å². The molecular weight excluding hydrogens is 412 g/mol. The molecule has 0 aromatic heterocycles. The van der Waals surface area contributed by atoms with E-state index in [1.807, 2.05) is 31.2 Å². The summed E-state index contributed by atoms with van der Waals surface area (Å²) in [5, 5.41) is 9.08. The van der Waals surface area contributed by atoms with E-state index in [9.17, 15) is 14.4 Å². The third kappa shape index (κ3) is 7.21. The van der Waals surface area contributed by atoms with E-state index in [0.29, 0.717) is 23.6 Å². The Morgan fingerprint density at radius 1 is 1.12 bits per heavy atom. The zero-order chi connectivity index (χ0) is 22.8. The van der Waals surface area contributed by atoms with E-state index in [-0.39, 0.29) is 25.2 Å². The molecule has 1 fully saturated rings. The highest BCUT2D eigenvalue weighted by Crippen LogP contribution is 2.16. The molecule has 1 saturated heterocycles. The Morgan fingerprint density at radius 3 is 2.66 bits per heavy atom. The topological polar surface area (TPSA) is 118 Å². The van der Waals surface area contributed by atoms with Gasteiger partial charge in [-0.05, 0) is 44.0 Å². The molecule has 0 saturated carbocycles. The molecule has 32 heavy (non-hydrogen) atoms. The SMILES string of the molecule is Cc1ccc(NC(=O)COc2ccccc2/C=N\NC(=O)C(=O)NC[C@@H]2CCCO2)cc1. The molecule has 3 rings (SSSR count). The van der Waals surface area contributed by atoms with E-state index in [2.05, 4.69) is 21.2 Å². The van der Waals surface area contributed by atoms with Gasteiger partial charge in [0.05, 0.1) is 12.3 Å². The molecule has 9 nitrogen and oxygen atoms in total. The van der Waals surface area contributed by atoms with Gasteiger partial charge in [0.25, 0.3) is 5.91 Å². The van der Waals surface area contributed by atoms with E-state index in [0.717, 1.165) is 18.4 Å². The molecule has 0 bridgehead atoms. The number of para-hydroxylation sites is 1. The van der Waals surface area contributed by atoms with Gasteiger partial charge in [-0.25, -0.2) is 5.43 Å². The van der Waals surface area contributed by atoms with E-state index in [4.69, 9.17) is 9.47 Å². The Bertz CT molecular complexity index is 969. The van der Waals surface area contributed by atoms with Gasteiger partial charge in [-0.3, -0.25) is 14.4 Å². The van der Waals surface area contributed by atoms with Crippen molar-refractivity contribution < 1.29 is 23.9 Å². The van der Waals surface area contributed by atoms with Gasteiger partial charge >= 0.3 is 11.8 Å². The fourth-order valence-corrected chi connectivity index (χ4v) is 3.00. The van der Waals surface area contributed by atoms with Crippen LogP contribution in [0.4, 0.5) is 5.69 Å². The summed E-state index contributed by atoms with van der Waals surface area (Å²) in [6, 6.07) is 14.3. The third-order valence-electron chi connectivity index (χ3n) is 4.70. The van der Waals surface area contributed by atoms with Crippen molar-refractivity contribution in [3.8, 4) is 5.75 Å². The number of amides is 3. The second-order valence-corrected chi connectivity index (χ2v) is 7.28. The number of hydrazone groups is 1. The summed E-state index contributed by atoms with van der Waals surface area (Å²) in [5.41, 5.74) is 4.49. The number of ether oxygens (including phenoxy) is 2. The number of hydrogen-bond donors (Lipinski definition) is 3. The lowest BCUT2D eigenvalue weighted by Crippen LogP contribution is -2.41. The molecule has 0 aliphatic carbocycles. The quantitative estimate of drug-likeness (QED) is 0.330. The molecule has 9 heteroatoms. The monoisotopic (exact) mass is 438 g/mol. The fourth-order valence-electron chi connectivity index (χ4n) is 3.00. The van der Waals surface area contributed by atoms with Crippen LogP contribution in [0.15, 0.2) is 53.6 Å². The van der Waals surface area contributed by atoms with Crippen LogP contribution in [0, 0.1) is 6.92 Å². The summed E-state index contributed by atoms with van der Waals surface area (Å²) in [5.74, 6) is -1.56. The van der Waals surface area contributed by atoms with E-state index in [1.165, 1.54) is 6.21 Å². The van der Waals surface area contributed by atoms with Crippen LogP contribution >= 0.6 is 0 Å². The Kier molecular flexibility index (Phi) is 8.33. The molecule has 1 heterocycles. The first-order chi connectivity index (χ1) is 15.5. The fraction of sp³-hybridized carbons (Fsp3) is 0.304. The first kappa shape index (κ1) is 23.0. The van der Waals surface area contributed by atoms with Crippen molar-refractivity contribution in [3.63, 3.8) is 0 Å². The summed E-state index contributed by atoms with van der Waals surface area (Å²) >= 11 is 0. The lowest BCUT2D eigenvalue weighted by molar-refractivity contribution is -0.139. The highest BCUT2D eigenvalue weighted by atomic mass is 16.5.